The molecule has 1 aliphatic rings. The highest BCUT2D eigenvalue weighted by Gasteiger charge is 2.27. The summed E-state index contributed by atoms with van der Waals surface area (Å²) in [5.41, 5.74) is 9.09. The van der Waals surface area contributed by atoms with E-state index in [9.17, 15) is 0 Å². The number of aryl methyl sites for hydroxylation is 1. The van der Waals surface area contributed by atoms with Crippen molar-refractivity contribution in [3.05, 3.63) is 29.3 Å². The molecule has 0 saturated heterocycles. The van der Waals surface area contributed by atoms with Crippen LogP contribution in [0, 0.1) is 6.92 Å². The van der Waals surface area contributed by atoms with Crippen LogP contribution >= 0.6 is 24.0 Å². The summed E-state index contributed by atoms with van der Waals surface area (Å²) in [4.78, 5) is 0.476. The molecule has 0 amide bonds. The first kappa shape index (κ1) is 14.7. The summed E-state index contributed by atoms with van der Waals surface area (Å²) in [6, 6.07) is 6.83. The third-order valence-electron chi connectivity index (χ3n) is 3.61. The molecule has 1 aliphatic carbocycles. The molecule has 1 fully saturated rings. The Morgan fingerprint density at radius 2 is 2.26 bits per heavy atom. The summed E-state index contributed by atoms with van der Waals surface area (Å²) in [6.45, 7) is 4.29. The fraction of sp³-hybridized carbons (Fsp3) is 0.533. The molecule has 4 heteroatoms. The lowest BCUT2D eigenvalue weighted by Gasteiger charge is -2.23. The van der Waals surface area contributed by atoms with Gasteiger partial charge >= 0.3 is 0 Å². The van der Waals surface area contributed by atoms with Gasteiger partial charge in [-0.25, -0.2) is 0 Å². The summed E-state index contributed by atoms with van der Waals surface area (Å²) >= 11 is 7.22. The average Bonchev–Trinajstić information content (AvgIpc) is 2.79. The Morgan fingerprint density at radius 3 is 2.95 bits per heavy atom. The highest BCUT2D eigenvalue weighted by Crippen LogP contribution is 2.33. The standard InChI is InChI=1S/C15H22N2S2/c1-3-19-14-6-4-5-13(14)17-12-8-7-10(2)9-11(12)15(16)18/h7-9,13-14,17H,3-6H2,1-2H3,(H2,16,18). The molecule has 0 aromatic heterocycles. The minimum absolute atomic E-state index is 0.476. The van der Waals surface area contributed by atoms with Gasteiger partial charge in [-0.15, -0.1) is 0 Å². The minimum Gasteiger partial charge on any atom is -0.389 e. The molecule has 104 valence electrons. The van der Waals surface area contributed by atoms with E-state index < -0.39 is 0 Å². The molecule has 1 aromatic rings. The van der Waals surface area contributed by atoms with Gasteiger partial charge in [0.1, 0.15) is 4.99 Å². The van der Waals surface area contributed by atoms with Crippen molar-refractivity contribution >= 4 is 34.7 Å². The lowest BCUT2D eigenvalue weighted by Crippen LogP contribution is -2.27. The second kappa shape index (κ2) is 6.62. The smallest absolute Gasteiger partial charge is 0.106 e. The van der Waals surface area contributed by atoms with Crippen LogP contribution in [0.2, 0.25) is 0 Å². The summed E-state index contributed by atoms with van der Waals surface area (Å²) in [6.07, 6.45) is 3.86. The van der Waals surface area contributed by atoms with Crippen LogP contribution in [0.3, 0.4) is 0 Å². The van der Waals surface area contributed by atoms with Crippen molar-refractivity contribution < 1.29 is 0 Å². The summed E-state index contributed by atoms with van der Waals surface area (Å²) < 4.78 is 0. The Bertz CT molecular complexity index is 459. The lowest BCUT2D eigenvalue weighted by atomic mass is 10.1. The normalized spacial score (nSPS) is 22.4. The van der Waals surface area contributed by atoms with Crippen molar-refractivity contribution in [2.24, 2.45) is 5.73 Å². The monoisotopic (exact) mass is 294 g/mol. The van der Waals surface area contributed by atoms with Crippen molar-refractivity contribution in [2.45, 2.75) is 44.4 Å². The van der Waals surface area contributed by atoms with E-state index in [0.29, 0.717) is 16.3 Å². The van der Waals surface area contributed by atoms with Gasteiger partial charge in [-0.3, -0.25) is 0 Å². The van der Waals surface area contributed by atoms with Gasteiger partial charge in [0.2, 0.25) is 0 Å². The van der Waals surface area contributed by atoms with Gasteiger partial charge in [-0.05, 0) is 37.7 Å². The molecule has 2 rings (SSSR count). The summed E-state index contributed by atoms with van der Waals surface area (Å²) in [5, 5.41) is 4.38. The van der Waals surface area contributed by atoms with Crippen LogP contribution in [0.4, 0.5) is 5.69 Å². The second-order valence-corrected chi connectivity index (χ2v) is 7.04. The molecular formula is C15H22N2S2. The average molecular weight is 294 g/mol. The van der Waals surface area contributed by atoms with Crippen LogP contribution in [-0.2, 0) is 0 Å². The maximum Gasteiger partial charge on any atom is 0.106 e. The number of thiocarbonyl (C=S) groups is 1. The molecule has 2 atom stereocenters. The zero-order chi connectivity index (χ0) is 13.8. The molecule has 2 unspecified atom stereocenters. The first-order valence-corrected chi connectivity index (χ1v) is 8.36. The Morgan fingerprint density at radius 1 is 1.47 bits per heavy atom. The second-order valence-electron chi connectivity index (χ2n) is 5.09. The fourth-order valence-electron chi connectivity index (χ4n) is 2.69. The van der Waals surface area contributed by atoms with Crippen molar-refractivity contribution in [2.75, 3.05) is 11.1 Å². The molecule has 1 saturated carbocycles. The van der Waals surface area contributed by atoms with Gasteiger partial charge in [0.05, 0.1) is 0 Å². The van der Waals surface area contributed by atoms with Crippen LogP contribution < -0.4 is 11.1 Å². The fourth-order valence-corrected chi connectivity index (χ4v) is 4.06. The molecule has 19 heavy (non-hydrogen) atoms. The van der Waals surface area contributed by atoms with Crippen LogP contribution in [-0.4, -0.2) is 22.0 Å². The molecule has 0 bridgehead atoms. The van der Waals surface area contributed by atoms with E-state index >= 15 is 0 Å². The van der Waals surface area contributed by atoms with E-state index in [1.807, 2.05) is 0 Å². The van der Waals surface area contributed by atoms with Gasteiger partial charge in [0, 0.05) is 22.5 Å². The zero-order valence-corrected chi connectivity index (χ0v) is 13.2. The molecular weight excluding hydrogens is 272 g/mol. The Hall–Kier alpha value is -0.740. The maximum atomic E-state index is 5.84. The van der Waals surface area contributed by atoms with Gasteiger partial charge in [0.25, 0.3) is 0 Å². The highest BCUT2D eigenvalue weighted by atomic mass is 32.2. The number of nitrogens with one attached hydrogen (secondary N) is 1. The largest absolute Gasteiger partial charge is 0.389 e. The molecule has 1 aromatic carbocycles. The minimum atomic E-state index is 0.476. The van der Waals surface area contributed by atoms with Gasteiger partial charge in [-0.2, -0.15) is 11.8 Å². The first-order chi connectivity index (χ1) is 9.11. The number of hydrogen-bond donors (Lipinski definition) is 2. The van der Waals surface area contributed by atoms with E-state index in [-0.39, 0.29) is 0 Å². The third-order valence-corrected chi connectivity index (χ3v) is 5.16. The lowest BCUT2D eigenvalue weighted by molar-refractivity contribution is 0.767. The molecule has 0 aliphatic heterocycles. The van der Waals surface area contributed by atoms with E-state index in [2.05, 4.69) is 49.1 Å². The van der Waals surface area contributed by atoms with Crippen LogP contribution in [0.5, 0.6) is 0 Å². The van der Waals surface area contributed by atoms with Gasteiger partial charge in [0.15, 0.2) is 0 Å². The maximum absolute atomic E-state index is 5.84. The van der Waals surface area contributed by atoms with Crippen molar-refractivity contribution in [3.63, 3.8) is 0 Å². The third kappa shape index (κ3) is 3.63. The Balaban J connectivity index is 2.16. The highest BCUT2D eigenvalue weighted by molar-refractivity contribution is 7.99. The summed E-state index contributed by atoms with van der Waals surface area (Å²) in [7, 11) is 0. The molecule has 0 heterocycles. The zero-order valence-electron chi connectivity index (χ0n) is 11.6. The number of hydrogen-bond acceptors (Lipinski definition) is 3. The van der Waals surface area contributed by atoms with Crippen molar-refractivity contribution in [1.82, 2.24) is 0 Å². The molecule has 0 spiro atoms. The Labute approximate surface area is 125 Å². The number of anilines is 1. The number of rotatable bonds is 5. The van der Waals surface area contributed by atoms with E-state index in [1.165, 1.54) is 30.6 Å². The quantitative estimate of drug-likeness (QED) is 0.812. The van der Waals surface area contributed by atoms with Crippen LogP contribution in [0.15, 0.2) is 18.2 Å². The molecule has 3 N–H and O–H groups in total. The number of nitrogens with two attached hydrogens (primary N) is 1. The summed E-state index contributed by atoms with van der Waals surface area (Å²) in [5.74, 6) is 1.18. The predicted octanol–water partition coefficient (Wildman–Crippen LogP) is 3.72. The van der Waals surface area contributed by atoms with Crippen molar-refractivity contribution in [3.8, 4) is 0 Å². The van der Waals surface area contributed by atoms with E-state index in [0.717, 1.165) is 11.3 Å². The van der Waals surface area contributed by atoms with E-state index in [1.54, 1.807) is 0 Å². The predicted molar refractivity (Wildman–Crippen MR) is 90.2 cm³/mol. The van der Waals surface area contributed by atoms with E-state index in [4.69, 9.17) is 18.0 Å². The van der Waals surface area contributed by atoms with Gasteiger partial charge < -0.3 is 11.1 Å². The SMILES string of the molecule is CCSC1CCCC1Nc1ccc(C)cc1C(N)=S. The topological polar surface area (TPSA) is 38.0 Å². The molecule has 0 radical (unpaired) electrons. The van der Waals surface area contributed by atoms with Crippen LogP contribution in [0.25, 0.3) is 0 Å². The number of benzene rings is 1. The number of thioether (sulfide) groups is 1. The Kier molecular flexibility index (Phi) is 5.11. The van der Waals surface area contributed by atoms with Gasteiger partial charge in [-0.1, -0.05) is 37.2 Å². The van der Waals surface area contributed by atoms with Crippen LogP contribution in [0.1, 0.15) is 37.3 Å². The van der Waals surface area contributed by atoms with Crippen molar-refractivity contribution in [1.29, 1.82) is 0 Å². The molecule has 2 nitrogen and oxygen atoms in total. The first-order valence-electron chi connectivity index (χ1n) is 6.90.